The molecule has 6 rings (SSSR count). The van der Waals surface area contributed by atoms with Gasteiger partial charge in [0, 0.05) is 50.9 Å². The average Bonchev–Trinajstić information content (AvgIpc) is 3.56. The predicted molar refractivity (Wildman–Crippen MR) is 125 cm³/mol. The van der Waals surface area contributed by atoms with Gasteiger partial charge in [0.05, 0.1) is 11.2 Å². The van der Waals surface area contributed by atoms with Gasteiger partial charge >= 0.3 is 6.09 Å². The Morgan fingerprint density at radius 1 is 1.29 bits per heavy atom. The smallest absolute Gasteiger partial charge is 0.391 e. The number of aliphatic imine (C=N–C) groups is 1. The Hall–Kier alpha value is -1.75. The van der Waals surface area contributed by atoms with Gasteiger partial charge in [-0.05, 0) is 57.9 Å². The summed E-state index contributed by atoms with van der Waals surface area (Å²) in [5.74, 6) is 0.970. The summed E-state index contributed by atoms with van der Waals surface area (Å²) in [4.78, 5) is 28.6. The second-order valence-electron chi connectivity index (χ2n) is 11.0. The van der Waals surface area contributed by atoms with Gasteiger partial charge in [0.15, 0.2) is 0 Å². The number of piperazine rings is 1. The highest BCUT2D eigenvalue weighted by Gasteiger charge is 2.49. The normalized spacial score (nSPS) is 34.8. The number of likely N-dealkylation sites (tertiary alicyclic amines) is 1. The maximum Gasteiger partial charge on any atom is 0.417 e. The van der Waals surface area contributed by atoms with Crippen LogP contribution in [0.4, 0.5) is 9.18 Å². The molecule has 0 aromatic heterocycles. The molecule has 1 saturated carbocycles. The minimum Gasteiger partial charge on any atom is -0.391 e. The number of carbonyl (C=O) groups is 1. The number of fused-ring (bicyclic) bond motifs is 2. The molecule has 9 nitrogen and oxygen atoms in total. The fourth-order valence-electron chi connectivity index (χ4n) is 6.29. The molecular formula is C24H37FN6O3. The van der Waals surface area contributed by atoms with Crippen LogP contribution in [0.25, 0.3) is 0 Å². The molecule has 5 heterocycles. The van der Waals surface area contributed by atoms with E-state index in [9.17, 15) is 9.18 Å². The number of hydrogen-bond acceptors (Lipinski definition) is 8. The van der Waals surface area contributed by atoms with Crippen LogP contribution in [-0.2, 0) is 9.57 Å². The lowest BCUT2D eigenvalue weighted by Gasteiger charge is -2.42. The van der Waals surface area contributed by atoms with Gasteiger partial charge in [0.1, 0.15) is 18.9 Å². The van der Waals surface area contributed by atoms with Crippen LogP contribution in [-0.4, -0.2) is 103 Å². The number of halogens is 1. The topological polar surface area (TPSA) is 81.7 Å². The standard InChI is InChI=1S/C24H37FN6O3/c1-24-7-4-18(10-27-14-24)31(24)23(32)33-22-19-5-8-26-11-20(19)30(15-28-22)34-21(16-2-3-16)13-29-9-6-17(25)12-29/h16-18,21,26-27H,2-15H2,1H3/t17-,18?,21?,24?/m1/s1. The number of nitrogens with one attached hydrogen (secondary N) is 2. The van der Waals surface area contributed by atoms with Crippen LogP contribution < -0.4 is 10.6 Å². The van der Waals surface area contributed by atoms with Crippen LogP contribution >= 0.6 is 0 Å². The van der Waals surface area contributed by atoms with Crippen LogP contribution in [0.2, 0.25) is 0 Å². The van der Waals surface area contributed by atoms with Crippen LogP contribution in [0, 0.1) is 5.92 Å². The average molecular weight is 477 g/mol. The summed E-state index contributed by atoms with van der Waals surface area (Å²) in [6.45, 7) is 7.60. The van der Waals surface area contributed by atoms with Crippen molar-refractivity contribution in [2.75, 3.05) is 52.5 Å². The van der Waals surface area contributed by atoms with Gasteiger partial charge < -0.3 is 15.4 Å². The zero-order valence-corrected chi connectivity index (χ0v) is 20.1. The fraction of sp³-hybridized carbons (Fsp3) is 0.833. The van der Waals surface area contributed by atoms with Crippen molar-refractivity contribution in [3.05, 3.63) is 11.3 Å². The van der Waals surface area contributed by atoms with Crippen molar-refractivity contribution in [3.8, 4) is 0 Å². The van der Waals surface area contributed by atoms with E-state index in [1.54, 1.807) is 0 Å². The van der Waals surface area contributed by atoms with Crippen molar-refractivity contribution >= 4 is 12.0 Å². The lowest BCUT2D eigenvalue weighted by Crippen LogP contribution is -2.61. The Bertz CT molecular complexity index is 875. The van der Waals surface area contributed by atoms with Gasteiger partial charge in [0.25, 0.3) is 0 Å². The Morgan fingerprint density at radius 3 is 2.94 bits per heavy atom. The molecule has 0 aromatic carbocycles. The summed E-state index contributed by atoms with van der Waals surface area (Å²) in [6, 6.07) is 0.186. The lowest BCUT2D eigenvalue weighted by atomic mass is 9.99. The van der Waals surface area contributed by atoms with Gasteiger partial charge in [-0.25, -0.2) is 19.2 Å². The number of ether oxygens (including phenoxy) is 1. The van der Waals surface area contributed by atoms with Crippen LogP contribution in [0.3, 0.4) is 0 Å². The zero-order valence-electron chi connectivity index (χ0n) is 20.1. The highest BCUT2D eigenvalue weighted by atomic mass is 19.1. The number of carbonyl (C=O) groups excluding carboxylic acids is 1. The van der Waals surface area contributed by atoms with E-state index in [2.05, 4.69) is 27.4 Å². The molecule has 10 heteroatoms. The minimum absolute atomic E-state index is 0.0386. The Labute approximate surface area is 200 Å². The van der Waals surface area contributed by atoms with Gasteiger partial charge in [-0.15, -0.1) is 0 Å². The largest absolute Gasteiger partial charge is 0.417 e. The third-order valence-electron chi connectivity index (χ3n) is 8.39. The number of rotatable bonds is 5. The summed E-state index contributed by atoms with van der Waals surface area (Å²) < 4.78 is 19.7. The van der Waals surface area contributed by atoms with Gasteiger partial charge in [0.2, 0.25) is 5.90 Å². The summed E-state index contributed by atoms with van der Waals surface area (Å²) >= 11 is 0. The molecule has 188 valence electrons. The van der Waals surface area contributed by atoms with Crippen LogP contribution in [0.15, 0.2) is 16.3 Å². The molecule has 3 saturated heterocycles. The van der Waals surface area contributed by atoms with E-state index in [0.717, 1.165) is 76.1 Å². The van der Waals surface area contributed by atoms with Crippen molar-refractivity contribution in [2.24, 2.45) is 10.9 Å². The van der Waals surface area contributed by atoms with E-state index in [4.69, 9.17) is 9.57 Å². The first-order valence-corrected chi connectivity index (χ1v) is 13.0. The maximum absolute atomic E-state index is 13.7. The number of amides is 1. The number of hydroxylamine groups is 2. The molecule has 1 amide bonds. The molecule has 5 aliphatic heterocycles. The third kappa shape index (κ3) is 4.34. The SMILES string of the molecule is CC12CCC(CNC1)N2C(=O)OC1=NCN(OC(CN2CC[C@@H](F)C2)C2CC2)C2=C1CCNC2. The van der Waals surface area contributed by atoms with Gasteiger partial charge in [-0.2, -0.15) is 0 Å². The molecule has 0 aromatic rings. The second-order valence-corrected chi connectivity index (χ2v) is 11.0. The van der Waals surface area contributed by atoms with Gasteiger partial charge in [-0.3, -0.25) is 14.6 Å². The third-order valence-corrected chi connectivity index (χ3v) is 8.39. The zero-order chi connectivity index (χ0) is 23.3. The Balaban J connectivity index is 1.15. The highest BCUT2D eigenvalue weighted by Crippen LogP contribution is 2.38. The predicted octanol–water partition coefficient (Wildman–Crippen LogP) is 1.62. The first-order chi connectivity index (χ1) is 16.5. The molecule has 0 spiro atoms. The number of alkyl halides is 1. The number of nitrogens with zero attached hydrogens (tertiary/aromatic N) is 4. The minimum atomic E-state index is -0.721. The maximum atomic E-state index is 13.7. The first-order valence-electron chi connectivity index (χ1n) is 13.0. The molecule has 2 N–H and O–H groups in total. The molecule has 2 bridgehead atoms. The van der Waals surface area contributed by atoms with Crippen LogP contribution in [0.1, 0.15) is 45.4 Å². The molecule has 4 fully saturated rings. The van der Waals surface area contributed by atoms with E-state index >= 15 is 0 Å². The summed E-state index contributed by atoms with van der Waals surface area (Å²) in [5, 5.41) is 8.76. The fourth-order valence-corrected chi connectivity index (χ4v) is 6.29. The molecule has 0 radical (unpaired) electrons. The van der Waals surface area contributed by atoms with E-state index in [0.29, 0.717) is 38.0 Å². The summed E-state index contributed by atoms with van der Waals surface area (Å²) in [7, 11) is 0. The van der Waals surface area contributed by atoms with E-state index in [-0.39, 0.29) is 23.8 Å². The Kier molecular flexibility index (Phi) is 6.03. The molecule has 1 aliphatic carbocycles. The van der Waals surface area contributed by atoms with Crippen LogP contribution in [0.5, 0.6) is 0 Å². The number of hydrogen-bond donors (Lipinski definition) is 2. The molecule has 6 aliphatic rings. The van der Waals surface area contributed by atoms with Crippen molar-refractivity contribution in [1.82, 2.24) is 25.5 Å². The molecule has 3 unspecified atom stereocenters. The summed E-state index contributed by atoms with van der Waals surface area (Å²) in [5.41, 5.74) is 1.78. The monoisotopic (exact) mass is 476 g/mol. The van der Waals surface area contributed by atoms with E-state index in [1.807, 2.05) is 9.96 Å². The van der Waals surface area contributed by atoms with E-state index in [1.165, 1.54) is 0 Å². The van der Waals surface area contributed by atoms with Gasteiger partial charge in [-0.1, -0.05) is 0 Å². The first kappa shape index (κ1) is 22.7. The summed E-state index contributed by atoms with van der Waals surface area (Å²) in [6.07, 6.45) is 4.72. The van der Waals surface area contributed by atoms with Crippen molar-refractivity contribution in [2.45, 2.75) is 69.3 Å². The van der Waals surface area contributed by atoms with Crippen molar-refractivity contribution in [1.29, 1.82) is 0 Å². The molecule has 4 atom stereocenters. The van der Waals surface area contributed by atoms with E-state index < -0.39 is 6.17 Å². The molecule has 34 heavy (non-hydrogen) atoms. The van der Waals surface area contributed by atoms with Crippen molar-refractivity contribution in [3.63, 3.8) is 0 Å². The quantitative estimate of drug-likeness (QED) is 0.624. The molecular weight excluding hydrogens is 439 g/mol. The lowest BCUT2D eigenvalue weighted by molar-refractivity contribution is -0.186. The Morgan fingerprint density at radius 2 is 2.18 bits per heavy atom. The van der Waals surface area contributed by atoms with Crippen molar-refractivity contribution < 1.29 is 18.8 Å². The second kappa shape index (κ2) is 9.04. The highest BCUT2D eigenvalue weighted by molar-refractivity contribution is 6.01.